The predicted octanol–water partition coefficient (Wildman–Crippen LogP) is 2.18. The molecule has 1 aromatic carbocycles. The number of hydrogen-bond acceptors (Lipinski definition) is 5. The van der Waals surface area contributed by atoms with Crippen LogP contribution in [0.2, 0.25) is 0 Å². The van der Waals surface area contributed by atoms with Gasteiger partial charge in [0, 0.05) is 30.9 Å². The molecule has 158 valence electrons. The van der Waals surface area contributed by atoms with E-state index in [2.05, 4.69) is 15.7 Å². The summed E-state index contributed by atoms with van der Waals surface area (Å²) >= 11 is 0. The lowest BCUT2D eigenvalue weighted by atomic mass is 9.87. The smallest absolute Gasteiger partial charge is 0.248 e. The molecule has 2 aromatic rings. The van der Waals surface area contributed by atoms with Crippen LogP contribution in [-0.4, -0.2) is 48.1 Å². The molecule has 2 aliphatic heterocycles. The Morgan fingerprint density at radius 1 is 1.41 bits per heavy atom. The van der Waals surface area contributed by atoms with E-state index in [4.69, 9.17) is 9.47 Å². The van der Waals surface area contributed by atoms with Crippen LogP contribution in [-0.2, 0) is 21.6 Å². The number of amides is 1. The molecule has 0 bridgehead atoms. The van der Waals surface area contributed by atoms with Gasteiger partial charge in [0.2, 0.25) is 5.91 Å². The molecule has 2 saturated heterocycles. The highest BCUT2D eigenvalue weighted by molar-refractivity contribution is 5.85. The maximum absolute atomic E-state index is 13.3. The fourth-order valence-corrected chi connectivity index (χ4v) is 3.97. The Kier molecular flexibility index (Phi) is 7.16. The molecule has 3 heterocycles. The molecule has 29 heavy (non-hydrogen) atoms. The molecule has 1 atom stereocenters. The number of aryl methyl sites for hydroxylation is 1. The number of halogens is 1. The average Bonchev–Trinajstić information content (AvgIpc) is 3.42. The second kappa shape index (κ2) is 9.61. The van der Waals surface area contributed by atoms with Gasteiger partial charge in [-0.3, -0.25) is 9.48 Å². The van der Waals surface area contributed by atoms with E-state index in [-0.39, 0.29) is 24.4 Å². The molecule has 0 aliphatic carbocycles. The lowest BCUT2D eigenvalue weighted by molar-refractivity contribution is -0.132. The number of carbonyl (C=O) groups excluding carboxylic acids is 1. The summed E-state index contributed by atoms with van der Waals surface area (Å²) in [6.45, 7) is 5.43. The molecular formula is C21H29ClN4O3. The highest BCUT2D eigenvalue weighted by Gasteiger charge is 2.41. The van der Waals surface area contributed by atoms with Crippen molar-refractivity contribution < 1.29 is 14.3 Å². The van der Waals surface area contributed by atoms with Crippen molar-refractivity contribution in [2.24, 2.45) is 0 Å². The van der Waals surface area contributed by atoms with E-state index in [1.165, 1.54) is 0 Å². The van der Waals surface area contributed by atoms with Crippen molar-refractivity contribution >= 4 is 18.3 Å². The SMILES string of the molecule is Cc1ccc(CNC(=O)C2(n3cccn3)CCNCC2)c(OC2CCOC2)c1.Cl. The predicted molar refractivity (Wildman–Crippen MR) is 112 cm³/mol. The van der Waals surface area contributed by atoms with Gasteiger partial charge in [-0.2, -0.15) is 5.10 Å². The summed E-state index contributed by atoms with van der Waals surface area (Å²) in [5.74, 6) is 0.836. The first-order valence-corrected chi connectivity index (χ1v) is 10.0. The van der Waals surface area contributed by atoms with Crippen molar-refractivity contribution in [3.05, 3.63) is 47.8 Å². The lowest BCUT2D eigenvalue weighted by Crippen LogP contribution is -2.54. The Morgan fingerprint density at radius 2 is 2.24 bits per heavy atom. The van der Waals surface area contributed by atoms with Crippen LogP contribution in [0, 0.1) is 6.92 Å². The van der Waals surface area contributed by atoms with E-state index in [1.54, 1.807) is 6.20 Å². The minimum atomic E-state index is -0.639. The van der Waals surface area contributed by atoms with E-state index in [0.29, 0.717) is 13.2 Å². The van der Waals surface area contributed by atoms with Crippen LogP contribution in [0.5, 0.6) is 5.75 Å². The third-order valence-corrected chi connectivity index (χ3v) is 5.64. The summed E-state index contributed by atoms with van der Waals surface area (Å²) in [6, 6.07) is 7.98. The lowest BCUT2D eigenvalue weighted by Gasteiger charge is -2.36. The second-order valence-corrected chi connectivity index (χ2v) is 7.63. The zero-order chi connectivity index (χ0) is 19.4. The minimum absolute atomic E-state index is 0. The van der Waals surface area contributed by atoms with Crippen molar-refractivity contribution in [2.75, 3.05) is 26.3 Å². The number of nitrogens with zero attached hydrogens (tertiary/aromatic N) is 2. The first-order valence-electron chi connectivity index (χ1n) is 10.0. The fourth-order valence-electron chi connectivity index (χ4n) is 3.97. The maximum Gasteiger partial charge on any atom is 0.248 e. The summed E-state index contributed by atoms with van der Waals surface area (Å²) in [6.07, 6.45) is 6.03. The van der Waals surface area contributed by atoms with Crippen molar-refractivity contribution in [3.8, 4) is 5.75 Å². The van der Waals surface area contributed by atoms with Gasteiger partial charge in [-0.15, -0.1) is 12.4 Å². The summed E-state index contributed by atoms with van der Waals surface area (Å²) in [4.78, 5) is 13.3. The molecule has 1 aromatic heterocycles. The van der Waals surface area contributed by atoms with Gasteiger partial charge in [-0.1, -0.05) is 12.1 Å². The van der Waals surface area contributed by atoms with Gasteiger partial charge in [0.1, 0.15) is 17.4 Å². The Bertz CT molecular complexity index is 800. The van der Waals surface area contributed by atoms with Crippen LogP contribution in [0.3, 0.4) is 0 Å². The van der Waals surface area contributed by atoms with Gasteiger partial charge in [0.15, 0.2) is 0 Å². The van der Waals surface area contributed by atoms with E-state index in [1.807, 2.05) is 42.1 Å². The molecule has 1 amide bonds. The van der Waals surface area contributed by atoms with Crippen molar-refractivity contribution in [1.82, 2.24) is 20.4 Å². The summed E-state index contributed by atoms with van der Waals surface area (Å²) in [5.41, 5.74) is 1.48. The average molecular weight is 421 g/mol. The molecule has 2 N–H and O–H groups in total. The van der Waals surface area contributed by atoms with Gasteiger partial charge in [0.05, 0.1) is 13.2 Å². The molecule has 0 spiro atoms. The number of piperidine rings is 1. The number of carbonyl (C=O) groups is 1. The molecular weight excluding hydrogens is 392 g/mol. The largest absolute Gasteiger partial charge is 0.488 e. The number of ether oxygens (including phenoxy) is 2. The zero-order valence-electron chi connectivity index (χ0n) is 16.7. The van der Waals surface area contributed by atoms with Crippen molar-refractivity contribution in [3.63, 3.8) is 0 Å². The monoisotopic (exact) mass is 420 g/mol. The first-order chi connectivity index (χ1) is 13.7. The van der Waals surface area contributed by atoms with Gasteiger partial charge in [-0.25, -0.2) is 0 Å². The number of rotatable bonds is 6. The third kappa shape index (κ3) is 4.74. The molecule has 4 rings (SSSR count). The van der Waals surface area contributed by atoms with Crippen molar-refractivity contribution in [1.29, 1.82) is 0 Å². The number of aromatic nitrogens is 2. The highest BCUT2D eigenvalue weighted by atomic mass is 35.5. The zero-order valence-corrected chi connectivity index (χ0v) is 17.5. The number of benzene rings is 1. The number of nitrogens with one attached hydrogen (secondary N) is 2. The van der Waals surface area contributed by atoms with Crippen molar-refractivity contribution in [2.45, 2.75) is 44.4 Å². The standard InChI is InChI=1S/C21H28N4O3.ClH/c1-16-3-4-17(19(13-16)28-18-5-12-27-15-18)14-23-20(26)21(6-9-22-10-7-21)25-11-2-8-24-25;/h2-4,8,11,13,18,22H,5-7,9-10,12,14-15H2,1H3,(H,23,26);1H. The number of hydrogen-bond donors (Lipinski definition) is 2. The van der Waals surface area contributed by atoms with E-state index >= 15 is 0 Å². The maximum atomic E-state index is 13.3. The van der Waals surface area contributed by atoms with Gasteiger partial charge in [0.25, 0.3) is 0 Å². The third-order valence-electron chi connectivity index (χ3n) is 5.64. The molecule has 0 saturated carbocycles. The molecule has 2 fully saturated rings. The highest BCUT2D eigenvalue weighted by Crippen LogP contribution is 2.28. The van der Waals surface area contributed by atoms with Crippen LogP contribution >= 0.6 is 12.4 Å². The van der Waals surface area contributed by atoms with E-state index in [9.17, 15) is 4.79 Å². The van der Waals surface area contributed by atoms with Crippen LogP contribution in [0.25, 0.3) is 0 Å². The summed E-state index contributed by atoms with van der Waals surface area (Å²) < 4.78 is 13.4. The van der Waals surface area contributed by atoms with Crippen LogP contribution in [0.15, 0.2) is 36.7 Å². The molecule has 2 aliphatic rings. The van der Waals surface area contributed by atoms with Crippen LogP contribution < -0.4 is 15.4 Å². The second-order valence-electron chi connectivity index (χ2n) is 7.63. The van der Waals surface area contributed by atoms with Crippen LogP contribution in [0.1, 0.15) is 30.4 Å². The normalized spacial score (nSPS) is 20.7. The minimum Gasteiger partial charge on any atom is -0.488 e. The molecule has 0 radical (unpaired) electrons. The Labute approximate surface area is 177 Å². The Balaban J connectivity index is 0.00000240. The van der Waals surface area contributed by atoms with E-state index in [0.717, 1.165) is 55.8 Å². The Hall–Kier alpha value is -2.09. The topological polar surface area (TPSA) is 77.4 Å². The fraction of sp³-hybridized carbons (Fsp3) is 0.524. The summed E-state index contributed by atoms with van der Waals surface area (Å²) in [5, 5.41) is 10.9. The molecule has 7 nitrogen and oxygen atoms in total. The first kappa shape index (κ1) is 21.6. The summed E-state index contributed by atoms with van der Waals surface area (Å²) in [7, 11) is 0. The van der Waals surface area contributed by atoms with E-state index < -0.39 is 5.54 Å². The van der Waals surface area contributed by atoms with Crippen LogP contribution in [0.4, 0.5) is 0 Å². The van der Waals surface area contributed by atoms with Gasteiger partial charge < -0.3 is 20.1 Å². The quantitative estimate of drug-likeness (QED) is 0.749. The molecule has 1 unspecified atom stereocenters. The molecule has 8 heteroatoms. The van der Waals surface area contributed by atoms with Gasteiger partial charge >= 0.3 is 0 Å². The Morgan fingerprint density at radius 3 is 2.93 bits per heavy atom. The van der Waals surface area contributed by atoms with Gasteiger partial charge in [-0.05, 0) is 50.6 Å².